The van der Waals surface area contributed by atoms with Crippen LogP contribution in [0.5, 0.6) is 0 Å². The van der Waals surface area contributed by atoms with Gasteiger partial charge in [0, 0.05) is 11.1 Å². The van der Waals surface area contributed by atoms with E-state index in [1.165, 1.54) is 47.5 Å². The molecule has 0 aliphatic carbocycles. The van der Waals surface area contributed by atoms with E-state index in [1.54, 1.807) is 0 Å². The SMILES string of the molecule is CC(=NOCC=CCl)c1ccccc1NS(=O)(=O)C(F)(F)F. The summed E-state index contributed by atoms with van der Waals surface area (Å²) in [6.07, 6.45) is 1.45. The minimum Gasteiger partial charge on any atom is -0.391 e. The molecular formula is C12H12ClF3N2O3S. The van der Waals surface area contributed by atoms with Crippen LogP contribution in [0.1, 0.15) is 12.5 Å². The molecule has 5 nitrogen and oxygen atoms in total. The molecule has 10 heteroatoms. The van der Waals surface area contributed by atoms with Gasteiger partial charge in [-0.25, -0.2) is 0 Å². The summed E-state index contributed by atoms with van der Waals surface area (Å²) in [4.78, 5) is 4.86. The second-order valence-electron chi connectivity index (χ2n) is 3.93. The van der Waals surface area contributed by atoms with E-state index >= 15 is 0 Å². The van der Waals surface area contributed by atoms with Gasteiger partial charge in [0.05, 0.1) is 11.4 Å². The van der Waals surface area contributed by atoms with Crippen LogP contribution in [0.25, 0.3) is 0 Å². The molecule has 1 rings (SSSR count). The van der Waals surface area contributed by atoms with Crippen molar-refractivity contribution in [1.82, 2.24) is 0 Å². The number of anilines is 1. The molecule has 0 saturated carbocycles. The van der Waals surface area contributed by atoms with Crippen molar-refractivity contribution < 1.29 is 26.4 Å². The summed E-state index contributed by atoms with van der Waals surface area (Å²) < 4.78 is 61.1. The van der Waals surface area contributed by atoms with Gasteiger partial charge in [0.1, 0.15) is 6.61 Å². The molecule has 0 unspecified atom stereocenters. The molecule has 0 amide bonds. The zero-order valence-corrected chi connectivity index (χ0v) is 12.8. The number of hydrogen-bond acceptors (Lipinski definition) is 4. The Morgan fingerprint density at radius 1 is 1.41 bits per heavy atom. The van der Waals surface area contributed by atoms with Gasteiger partial charge < -0.3 is 4.84 Å². The first-order valence-corrected chi connectivity index (χ1v) is 7.71. The number of benzene rings is 1. The van der Waals surface area contributed by atoms with Gasteiger partial charge in [0.15, 0.2) is 0 Å². The molecule has 0 bridgehead atoms. The molecular weight excluding hydrogens is 345 g/mol. The van der Waals surface area contributed by atoms with Gasteiger partial charge in [0.2, 0.25) is 0 Å². The van der Waals surface area contributed by atoms with E-state index in [0.717, 1.165) is 0 Å². The highest BCUT2D eigenvalue weighted by molar-refractivity contribution is 7.93. The topological polar surface area (TPSA) is 67.8 Å². The number of halogens is 4. The van der Waals surface area contributed by atoms with Crippen LogP contribution in [0.2, 0.25) is 0 Å². The van der Waals surface area contributed by atoms with Crippen LogP contribution in [-0.2, 0) is 14.9 Å². The highest BCUT2D eigenvalue weighted by atomic mass is 35.5. The highest BCUT2D eigenvalue weighted by Gasteiger charge is 2.46. The fraction of sp³-hybridized carbons (Fsp3) is 0.250. The minimum absolute atomic E-state index is 0.0668. The van der Waals surface area contributed by atoms with Crippen LogP contribution < -0.4 is 4.72 Å². The van der Waals surface area contributed by atoms with Crippen molar-refractivity contribution >= 4 is 33.0 Å². The Balaban J connectivity index is 3.05. The van der Waals surface area contributed by atoms with Gasteiger partial charge in [-0.15, -0.1) is 0 Å². The minimum atomic E-state index is -5.51. The Bertz CT molecular complexity index is 672. The lowest BCUT2D eigenvalue weighted by molar-refractivity contribution is -0.0429. The number of nitrogens with zero attached hydrogens (tertiary/aromatic N) is 1. The van der Waals surface area contributed by atoms with Gasteiger partial charge in [-0.2, -0.15) is 21.6 Å². The molecule has 1 aromatic rings. The average molecular weight is 357 g/mol. The monoisotopic (exact) mass is 356 g/mol. The molecule has 0 saturated heterocycles. The average Bonchev–Trinajstić information content (AvgIpc) is 2.42. The Labute approximate surface area is 130 Å². The van der Waals surface area contributed by atoms with Gasteiger partial charge >= 0.3 is 15.5 Å². The third kappa shape index (κ3) is 4.92. The fourth-order valence-electron chi connectivity index (χ4n) is 1.35. The summed E-state index contributed by atoms with van der Waals surface area (Å²) in [5.41, 5.74) is -4.09. The first kappa shape index (κ1) is 18.3. The molecule has 0 radical (unpaired) electrons. The number of para-hydroxylation sites is 1. The summed E-state index contributed by atoms with van der Waals surface area (Å²) in [6.45, 7) is 1.53. The number of nitrogens with one attached hydrogen (secondary N) is 1. The van der Waals surface area contributed by atoms with Gasteiger partial charge in [-0.05, 0) is 19.1 Å². The summed E-state index contributed by atoms with van der Waals surface area (Å²) in [6, 6.07) is 5.52. The standard InChI is InChI=1S/C12H12ClF3N2O3S/c1-9(17-21-8-4-7-13)10-5-2-3-6-11(10)18-22(19,20)12(14,15)16/h2-7,18H,8H2,1H3. The Morgan fingerprint density at radius 3 is 2.64 bits per heavy atom. The van der Waals surface area contributed by atoms with E-state index in [0.29, 0.717) is 0 Å². The van der Waals surface area contributed by atoms with E-state index in [9.17, 15) is 21.6 Å². The van der Waals surface area contributed by atoms with E-state index in [2.05, 4.69) is 5.16 Å². The molecule has 1 N–H and O–H groups in total. The van der Waals surface area contributed by atoms with Gasteiger partial charge in [-0.3, -0.25) is 4.72 Å². The number of oxime groups is 1. The zero-order chi connectivity index (χ0) is 16.8. The predicted molar refractivity (Wildman–Crippen MR) is 78.2 cm³/mol. The largest absolute Gasteiger partial charge is 0.516 e. The molecule has 122 valence electrons. The molecule has 0 spiro atoms. The molecule has 0 aromatic heterocycles. The molecule has 1 aromatic carbocycles. The molecule has 0 aliphatic heterocycles. The van der Waals surface area contributed by atoms with Crippen molar-refractivity contribution in [3.63, 3.8) is 0 Å². The Kier molecular flexibility index (Phi) is 6.24. The summed E-state index contributed by atoms with van der Waals surface area (Å²) in [5, 5.41) is 3.68. The maximum Gasteiger partial charge on any atom is 0.516 e. The first-order valence-electron chi connectivity index (χ1n) is 5.79. The van der Waals surface area contributed by atoms with Gasteiger partial charge in [-0.1, -0.05) is 35.0 Å². The van der Waals surface area contributed by atoms with Crippen molar-refractivity contribution in [3.05, 3.63) is 41.4 Å². The third-order valence-electron chi connectivity index (χ3n) is 2.33. The molecule has 22 heavy (non-hydrogen) atoms. The summed E-state index contributed by atoms with van der Waals surface area (Å²) in [5.74, 6) is 0. The number of hydrogen-bond donors (Lipinski definition) is 1. The van der Waals surface area contributed by atoms with Crippen LogP contribution in [0.15, 0.2) is 41.0 Å². The maximum absolute atomic E-state index is 12.4. The molecule has 0 fully saturated rings. The highest BCUT2D eigenvalue weighted by Crippen LogP contribution is 2.27. The van der Waals surface area contributed by atoms with Crippen molar-refractivity contribution in [2.24, 2.45) is 5.16 Å². The predicted octanol–water partition coefficient (Wildman–Crippen LogP) is 3.44. The second kappa shape index (κ2) is 7.50. The van der Waals surface area contributed by atoms with E-state index in [4.69, 9.17) is 16.4 Å². The molecule has 0 heterocycles. The lowest BCUT2D eigenvalue weighted by atomic mass is 10.1. The van der Waals surface area contributed by atoms with Crippen molar-refractivity contribution in [2.45, 2.75) is 12.4 Å². The molecule has 0 atom stereocenters. The van der Waals surface area contributed by atoms with Crippen LogP contribution >= 0.6 is 11.6 Å². The van der Waals surface area contributed by atoms with Crippen LogP contribution in [0, 0.1) is 0 Å². The van der Waals surface area contributed by atoms with E-state index in [-0.39, 0.29) is 23.6 Å². The summed E-state index contributed by atoms with van der Waals surface area (Å²) >= 11 is 5.28. The lowest BCUT2D eigenvalue weighted by Crippen LogP contribution is -2.30. The maximum atomic E-state index is 12.4. The smallest absolute Gasteiger partial charge is 0.391 e. The second-order valence-corrected chi connectivity index (χ2v) is 5.86. The normalized spacial score (nSPS) is 13.4. The van der Waals surface area contributed by atoms with Crippen LogP contribution in [-0.4, -0.2) is 26.2 Å². The van der Waals surface area contributed by atoms with Crippen LogP contribution in [0.4, 0.5) is 18.9 Å². The van der Waals surface area contributed by atoms with E-state index < -0.39 is 15.5 Å². The number of rotatable bonds is 6. The third-order valence-corrected chi connectivity index (χ3v) is 3.60. The van der Waals surface area contributed by atoms with Crippen molar-refractivity contribution in [2.75, 3.05) is 11.3 Å². The van der Waals surface area contributed by atoms with Gasteiger partial charge in [0.25, 0.3) is 0 Å². The number of alkyl halides is 3. The van der Waals surface area contributed by atoms with Crippen molar-refractivity contribution in [3.8, 4) is 0 Å². The quantitative estimate of drug-likeness (QED) is 0.482. The fourth-order valence-corrected chi connectivity index (χ4v) is 2.01. The lowest BCUT2D eigenvalue weighted by Gasteiger charge is -2.13. The van der Waals surface area contributed by atoms with Crippen LogP contribution in [0.3, 0.4) is 0 Å². The summed E-state index contributed by atoms with van der Waals surface area (Å²) in [7, 11) is -5.51. The number of sulfonamides is 1. The molecule has 0 aliphatic rings. The van der Waals surface area contributed by atoms with E-state index in [1.807, 2.05) is 0 Å². The Morgan fingerprint density at radius 2 is 2.05 bits per heavy atom. The first-order chi connectivity index (χ1) is 10.2. The van der Waals surface area contributed by atoms with Crippen molar-refractivity contribution in [1.29, 1.82) is 0 Å². The zero-order valence-electron chi connectivity index (χ0n) is 11.3. The Hall–Kier alpha value is -1.74.